The number of urea groups is 1. The van der Waals surface area contributed by atoms with Gasteiger partial charge in [0, 0.05) is 18.0 Å². The van der Waals surface area contributed by atoms with E-state index in [1.807, 2.05) is 6.92 Å². The molecule has 8 heteroatoms. The highest BCUT2D eigenvalue weighted by molar-refractivity contribution is 7.90. The van der Waals surface area contributed by atoms with Gasteiger partial charge in [-0.15, -0.1) is 0 Å². The van der Waals surface area contributed by atoms with E-state index >= 15 is 0 Å². The van der Waals surface area contributed by atoms with Crippen molar-refractivity contribution in [3.8, 4) is 0 Å². The second kappa shape index (κ2) is 12.8. The van der Waals surface area contributed by atoms with Crippen LogP contribution in [0, 0.1) is 0 Å². The molecule has 1 rings (SSSR count). The van der Waals surface area contributed by atoms with Crippen LogP contribution in [0.1, 0.15) is 71.6 Å². The van der Waals surface area contributed by atoms with E-state index in [9.17, 15) is 18.0 Å². The van der Waals surface area contributed by atoms with Gasteiger partial charge in [0.2, 0.25) is 5.91 Å². The van der Waals surface area contributed by atoms with Gasteiger partial charge >= 0.3 is 6.03 Å². The SMILES string of the molecule is CCCCCCCCCC(=O)N(C(=O)NCCC)S(=O)(=O)c1ccc(Cl)cc1. The Bertz CT molecular complexity index is 720. The minimum atomic E-state index is -4.29. The van der Waals surface area contributed by atoms with E-state index < -0.39 is 22.0 Å². The van der Waals surface area contributed by atoms with Crippen LogP contribution in [0.15, 0.2) is 29.2 Å². The van der Waals surface area contributed by atoms with Crippen molar-refractivity contribution in [1.82, 2.24) is 9.62 Å². The number of rotatable bonds is 12. The van der Waals surface area contributed by atoms with Gasteiger partial charge in [-0.25, -0.2) is 13.2 Å². The van der Waals surface area contributed by atoms with Crippen LogP contribution in [-0.2, 0) is 14.8 Å². The smallest absolute Gasteiger partial charge is 0.337 e. The molecule has 6 nitrogen and oxygen atoms in total. The quantitative estimate of drug-likeness (QED) is 0.466. The minimum Gasteiger partial charge on any atom is -0.337 e. The Kier molecular flexibility index (Phi) is 11.2. The normalized spacial score (nSPS) is 11.2. The number of unbranched alkanes of at least 4 members (excludes halogenated alkanes) is 6. The molecule has 28 heavy (non-hydrogen) atoms. The number of halogens is 1. The average Bonchev–Trinajstić information content (AvgIpc) is 2.66. The van der Waals surface area contributed by atoms with Gasteiger partial charge < -0.3 is 5.32 Å². The average molecular weight is 431 g/mol. The van der Waals surface area contributed by atoms with E-state index in [0.717, 1.165) is 19.3 Å². The molecule has 158 valence electrons. The van der Waals surface area contributed by atoms with Crippen LogP contribution >= 0.6 is 11.6 Å². The molecule has 0 fully saturated rings. The summed E-state index contributed by atoms with van der Waals surface area (Å²) in [6, 6.07) is 4.50. The van der Waals surface area contributed by atoms with E-state index in [0.29, 0.717) is 22.2 Å². The maximum atomic E-state index is 12.9. The van der Waals surface area contributed by atoms with Crippen molar-refractivity contribution in [2.75, 3.05) is 6.54 Å². The fraction of sp³-hybridized carbons (Fsp3) is 0.600. The van der Waals surface area contributed by atoms with Gasteiger partial charge in [0.1, 0.15) is 0 Å². The number of nitrogens with zero attached hydrogens (tertiary/aromatic N) is 1. The summed E-state index contributed by atoms with van der Waals surface area (Å²) in [5, 5.41) is 2.86. The first-order valence-corrected chi connectivity index (χ1v) is 11.8. The molecule has 0 saturated carbocycles. The standard InChI is InChI=1S/C20H31ClN2O4S/c1-3-5-6-7-8-9-10-11-19(24)23(20(25)22-16-4-2)28(26,27)18-14-12-17(21)13-15-18/h12-15H,3-11,16H2,1-2H3,(H,22,25). The van der Waals surface area contributed by atoms with E-state index in [1.54, 1.807) is 0 Å². The van der Waals surface area contributed by atoms with Crippen LogP contribution in [0.25, 0.3) is 0 Å². The monoisotopic (exact) mass is 430 g/mol. The molecule has 0 spiro atoms. The maximum absolute atomic E-state index is 12.9. The largest absolute Gasteiger partial charge is 0.338 e. The number of hydrogen-bond donors (Lipinski definition) is 1. The molecule has 0 aliphatic heterocycles. The van der Waals surface area contributed by atoms with Crippen molar-refractivity contribution < 1.29 is 18.0 Å². The Morgan fingerprint density at radius 1 is 0.929 bits per heavy atom. The Balaban J connectivity index is 2.83. The minimum absolute atomic E-state index is 0.0140. The lowest BCUT2D eigenvalue weighted by molar-refractivity contribution is -0.124. The number of nitrogens with one attached hydrogen (secondary N) is 1. The maximum Gasteiger partial charge on any atom is 0.338 e. The molecular formula is C20H31ClN2O4S. The molecule has 1 aromatic rings. The van der Waals surface area contributed by atoms with Gasteiger partial charge in [0.05, 0.1) is 4.90 Å². The van der Waals surface area contributed by atoms with Crippen LogP contribution < -0.4 is 5.32 Å². The first kappa shape index (κ1) is 24.4. The van der Waals surface area contributed by atoms with Crippen molar-refractivity contribution >= 4 is 33.6 Å². The van der Waals surface area contributed by atoms with Crippen LogP contribution in [0.5, 0.6) is 0 Å². The lowest BCUT2D eigenvalue weighted by Gasteiger charge is -2.21. The van der Waals surface area contributed by atoms with Crippen molar-refractivity contribution in [3.05, 3.63) is 29.3 Å². The van der Waals surface area contributed by atoms with Crippen LogP contribution in [0.4, 0.5) is 4.79 Å². The zero-order valence-electron chi connectivity index (χ0n) is 16.7. The zero-order chi connectivity index (χ0) is 21.0. The lowest BCUT2D eigenvalue weighted by atomic mass is 10.1. The van der Waals surface area contributed by atoms with Crippen molar-refractivity contribution in [1.29, 1.82) is 0 Å². The van der Waals surface area contributed by atoms with E-state index in [-0.39, 0.29) is 17.9 Å². The third-order valence-electron chi connectivity index (χ3n) is 4.28. The number of amides is 3. The van der Waals surface area contributed by atoms with Crippen LogP contribution in [0.3, 0.4) is 0 Å². The van der Waals surface area contributed by atoms with Crippen molar-refractivity contribution in [2.45, 2.75) is 76.5 Å². The Hall–Kier alpha value is -1.60. The summed E-state index contributed by atoms with van der Waals surface area (Å²) >= 11 is 5.81. The fourth-order valence-corrected chi connectivity index (χ4v) is 4.17. The molecule has 3 amide bonds. The zero-order valence-corrected chi connectivity index (χ0v) is 18.3. The highest BCUT2D eigenvalue weighted by atomic mass is 35.5. The molecule has 0 aliphatic carbocycles. The third-order valence-corrected chi connectivity index (χ3v) is 6.25. The molecule has 1 N–H and O–H groups in total. The highest BCUT2D eigenvalue weighted by Crippen LogP contribution is 2.20. The topological polar surface area (TPSA) is 83.6 Å². The Morgan fingerprint density at radius 3 is 2.07 bits per heavy atom. The number of carbonyl (C=O) groups is 2. The second-order valence-corrected chi connectivity index (χ2v) is 8.94. The fourth-order valence-electron chi connectivity index (χ4n) is 2.71. The molecule has 0 heterocycles. The number of sulfonamides is 1. The summed E-state index contributed by atoms with van der Waals surface area (Å²) in [7, 11) is -4.29. The van der Waals surface area contributed by atoms with Crippen LogP contribution in [0.2, 0.25) is 5.02 Å². The number of imide groups is 1. The molecule has 0 aliphatic rings. The van der Waals surface area contributed by atoms with E-state index in [4.69, 9.17) is 11.6 Å². The summed E-state index contributed by atoms with van der Waals surface area (Å²) < 4.78 is 26.2. The van der Waals surface area contributed by atoms with E-state index in [2.05, 4.69) is 12.2 Å². The molecule has 0 bridgehead atoms. The van der Waals surface area contributed by atoms with Gasteiger partial charge in [-0.2, -0.15) is 4.31 Å². The van der Waals surface area contributed by atoms with Gasteiger partial charge in [0.25, 0.3) is 10.0 Å². The molecule has 1 aromatic carbocycles. The van der Waals surface area contributed by atoms with Gasteiger partial charge in [-0.3, -0.25) is 4.79 Å². The first-order chi connectivity index (χ1) is 13.3. The summed E-state index contributed by atoms with van der Waals surface area (Å²) in [5.41, 5.74) is 0. The second-order valence-electron chi connectivity index (χ2n) is 6.72. The Labute approximate surface area is 173 Å². The van der Waals surface area contributed by atoms with Crippen molar-refractivity contribution in [2.24, 2.45) is 0 Å². The Morgan fingerprint density at radius 2 is 1.50 bits per heavy atom. The molecule has 0 saturated heterocycles. The highest BCUT2D eigenvalue weighted by Gasteiger charge is 2.34. The van der Waals surface area contributed by atoms with Crippen LogP contribution in [-0.4, -0.2) is 31.2 Å². The molecule has 0 unspecified atom stereocenters. The number of carbonyl (C=O) groups excluding carboxylic acids is 2. The molecule has 0 aromatic heterocycles. The summed E-state index contributed by atoms with van der Waals surface area (Å²) in [6.45, 7) is 4.28. The lowest BCUT2D eigenvalue weighted by Crippen LogP contribution is -2.47. The van der Waals surface area contributed by atoms with Crippen molar-refractivity contribution in [3.63, 3.8) is 0 Å². The summed E-state index contributed by atoms with van der Waals surface area (Å²) in [4.78, 5) is 24.9. The first-order valence-electron chi connectivity index (χ1n) is 9.96. The van der Waals surface area contributed by atoms with Gasteiger partial charge in [-0.1, -0.05) is 64.0 Å². The number of benzene rings is 1. The molecule has 0 atom stereocenters. The molecular weight excluding hydrogens is 400 g/mol. The van der Waals surface area contributed by atoms with Gasteiger partial charge in [0.15, 0.2) is 0 Å². The third kappa shape index (κ3) is 7.80. The summed E-state index contributed by atoms with van der Waals surface area (Å²) in [6.07, 6.45) is 7.67. The predicted molar refractivity (Wildman–Crippen MR) is 112 cm³/mol. The summed E-state index contributed by atoms with van der Waals surface area (Å²) in [5.74, 6) is -0.711. The predicted octanol–water partition coefficient (Wildman–Crippen LogP) is 5.12. The number of hydrogen-bond acceptors (Lipinski definition) is 4. The van der Waals surface area contributed by atoms with E-state index in [1.165, 1.54) is 43.5 Å². The molecule has 0 radical (unpaired) electrons. The van der Waals surface area contributed by atoms with Gasteiger partial charge in [-0.05, 0) is 37.1 Å².